The molecule has 5 nitrogen and oxygen atoms in total. The molecule has 1 unspecified atom stereocenters. The number of rotatable bonds is 6. The Balaban J connectivity index is 1.36. The van der Waals surface area contributed by atoms with Crippen molar-refractivity contribution < 1.29 is 9.59 Å². The van der Waals surface area contributed by atoms with Crippen molar-refractivity contribution in [3.05, 3.63) is 35.4 Å². The molecule has 1 saturated heterocycles. The topological polar surface area (TPSA) is 52.7 Å². The lowest BCUT2D eigenvalue weighted by atomic mass is 9.86. The molecule has 0 radical (unpaired) electrons. The highest BCUT2D eigenvalue weighted by Gasteiger charge is 2.38. The van der Waals surface area contributed by atoms with Gasteiger partial charge in [-0.2, -0.15) is 0 Å². The van der Waals surface area contributed by atoms with Gasteiger partial charge in [-0.05, 0) is 60.6 Å². The second-order valence-corrected chi connectivity index (χ2v) is 10.8. The molecule has 5 heteroatoms. The van der Waals surface area contributed by atoms with E-state index in [9.17, 15) is 9.59 Å². The second kappa shape index (κ2) is 9.32. The van der Waals surface area contributed by atoms with Crippen molar-refractivity contribution in [2.24, 2.45) is 11.8 Å². The number of carbonyl (C=O) groups excluding carboxylic acids is 2. The maximum atomic E-state index is 13.1. The Morgan fingerprint density at radius 3 is 2.13 bits per heavy atom. The third-order valence-corrected chi connectivity index (χ3v) is 7.37. The van der Waals surface area contributed by atoms with Gasteiger partial charge in [-0.15, -0.1) is 0 Å². The predicted molar refractivity (Wildman–Crippen MR) is 124 cm³/mol. The molecule has 1 heterocycles. The highest BCUT2D eigenvalue weighted by Crippen LogP contribution is 2.32. The van der Waals surface area contributed by atoms with E-state index >= 15 is 0 Å². The summed E-state index contributed by atoms with van der Waals surface area (Å²) in [6, 6.07) is 8.04. The van der Waals surface area contributed by atoms with Crippen molar-refractivity contribution in [3.8, 4) is 0 Å². The third-order valence-electron chi connectivity index (χ3n) is 7.37. The van der Waals surface area contributed by atoms with E-state index in [1.165, 1.54) is 31.2 Å². The zero-order chi connectivity index (χ0) is 22.0. The molecule has 1 N–H and O–H groups in total. The van der Waals surface area contributed by atoms with Crippen LogP contribution in [0, 0.1) is 11.8 Å². The maximum Gasteiger partial charge on any atom is 0.253 e. The normalized spacial score (nSPS) is 21.8. The lowest BCUT2D eigenvalue weighted by molar-refractivity contribution is -0.129. The van der Waals surface area contributed by atoms with Gasteiger partial charge in [-0.1, -0.05) is 45.7 Å². The van der Waals surface area contributed by atoms with Gasteiger partial charge < -0.3 is 10.2 Å². The molecule has 3 fully saturated rings. The van der Waals surface area contributed by atoms with E-state index in [1.807, 2.05) is 17.0 Å². The molecule has 2 aliphatic carbocycles. The van der Waals surface area contributed by atoms with Crippen LogP contribution in [0.1, 0.15) is 75.2 Å². The summed E-state index contributed by atoms with van der Waals surface area (Å²) in [5.74, 6) is 1.49. The van der Waals surface area contributed by atoms with Gasteiger partial charge in [0.1, 0.15) is 0 Å². The minimum atomic E-state index is -0.0235. The van der Waals surface area contributed by atoms with E-state index in [0.717, 1.165) is 38.0 Å². The summed E-state index contributed by atoms with van der Waals surface area (Å²) in [6.07, 6.45) is 7.29. The first kappa shape index (κ1) is 22.3. The van der Waals surface area contributed by atoms with Gasteiger partial charge in [0.05, 0.1) is 6.04 Å². The van der Waals surface area contributed by atoms with Gasteiger partial charge in [-0.3, -0.25) is 14.5 Å². The van der Waals surface area contributed by atoms with E-state index < -0.39 is 0 Å². The number of amides is 2. The molecule has 4 rings (SSSR count). The Hall–Kier alpha value is -1.88. The van der Waals surface area contributed by atoms with E-state index in [1.54, 1.807) is 0 Å². The largest absolute Gasteiger partial charge is 0.354 e. The number of nitrogens with zero attached hydrogens (tertiary/aromatic N) is 2. The zero-order valence-corrected chi connectivity index (χ0v) is 19.5. The average molecular weight is 426 g/mol. The smallest absolute Gasteiger partial charge is 0.253 e. The van der Waals surface area contributed by atoms with Crippen LogP contribution in [0.4, 0.5) is 0 Å². The van der Waals surface area contributed by atoms with Gasteiger partial charge in [0.15, 0.2) is 0 Å². The Bertz CT molecular complexity index is 765. The van der Waals surface area contributed by atoms with E-state index in [4.69, 9.17) is 0 Å². The summed E-state index contributed by atoms with van der Waals surface area (Å²) in [5.41, 5.74) is 2.09. The Morgan fingerprint density at radius 2 is 1.58 bits per heavy atom. The highest BCUT2D eigenvalue weighted by atomic mass is 16.2. The summed E-state index contributed by atoms with van der Waals surface area (Å²) in [5, 5.41) is 3.23. The summed E-state index contributed by atoms with van der Waals surface area (Å²) in [6.45, 7) is 10.3. The maximum absolute atomic E-state index is 13.1. The fourth-order valence-corrected chi connectivity index (χ4v) is 5.12. The van der Waals surface area contributed by atoms with Gasteiger partial charge in [0, 0.05) is 38.3 Å². The Labute approximate surface area is 187 Å². The summed E-state index contributed by atoms with van der Waals surface area (Å²) in [7, 11) is 0. The molecule has 1 atom stereocenters. The SMILES string of the molecule is CC(C)(C)c1ccc(C(=O)N2CCN(C(C(=O)NCC3CC3)C3CCCC3)CC2)cc1. The molecule has 2 saturated carbocycles. The van der Waals surface area contributed by atoms with Crippen molar-refractivity contribution in [2.45, 2.75) is 70.8 Å². The van der Waals surface area contributed by atoms with Crippen LogP contribution in [0.5, 0.6) is 0 Å². The molecule has 3 aliphatic rings. The van der Waals surface area contributed by atoms with Gasteiger partial charge >= 0.3 is 0 Å². The van der Waals surface area contributed by atoms with Crippen LogP contribution in [-0.4, -0.2) is 60.4 Å². The monoisotopic (exact) mass is 425 g/mol. The summed E-state index contributed by atoms with van der Waals surface area (Å²) < 4.78 is 0. The summed E-state index contributed by atoms with van der Waals surface area (Å²) >= 11 is 0. The number of carbonyl (C=O) groups is 2. The van der Waals surface area contributed by atoms with Crippen LogP contribution in [-0.2, 0) is 10.2 Å². The van der Waals surface area contributed by atoms with E-state index in [-0.39, 0.29) is 23.3 Å². The molecule has 2 amide bonds. The molecule has 0 bridgehead atoms. The van der Waals surface area contributed by atoms with Gasteiger partial charge in [-0.25, -0.2) is 0 Å². The molecule has 1 aromatic carbocycles. The molecule has 1 aliphatic heterocycles. The van der Waals surface area contributed by atoms with Gasteiger partial charge in [0.2, 0.25) is 5.91 Å². The van der Waals surface area contributed by atoms with Crippen LogP contribution in [0.3, 0.4) is 0 Å². The second-order valence-electron chi connectivity index (χ2n) is 10.8. The van der Waals surface area contributed by atoms with Crippen molar-refractivity contribution in [1.82, 2.24) is 15.1 Å². The van der Waals surface area contributed by atoms with Crippen molar-refractivity contribution in [3.63, 3.8) is 0 Å². The van der Waals surface area contributed by atoms with Gasteiger partial charge in [0.25, 0.3) is 5.91 Å². The fourth-order valence-electron chi connectivity index (χ4n) is 5.12. The standard InChI is InChI=1S/C26H39N3O2/c1-26(2,3)22-12-10-21(11-13-22)25(31)29-16-14-28(15-17-29)23(20-6-4-5-7-20)24(30)27-18-19-8-9-19/h10-13,19-20,23H,4-9,14-18H2,1-3H3,(H,27,30). The molecular formula is C26H39N3O2. The first-order chi connectivity index (χ1) is 14.8. The van der Waals surface area contributed by atoms with E-state index in [2.05, 4.69) is 43.1 Å². The average Bonchev–Trinajstić information content (AvgIpc) is 3.45. The minimum absolute atomic E-state index is 0.0235. The number of hydrogen-bond acceptors (Lipinski definition) is 3. The number of hydrogen-bond donors (Lipinski definition) is 1. The highest BCUT2D eigenvalue weighted by molar-refractivity contribution is 5.94. The van der Waals surface area contributed by atoms with Crippen molar-refractivity contribution in [1.29, 1.82) is 0 Å². The van der Waals surface area contributed by atoms with Crippen LogP contribution in [0.25, 0.3) is 0 Å². The molecule has 0 aromatic heterocycles. The molecule has 1 aromatic rings. The molecule has 0 spiro atoms. The van der Waals surface area contributed by atoms with Crippen LogP contribution in [0.2, 0.25) is 0 Å². The Kier molecular flexibility index (Phi) is 6.71. The summed E-state index contributed by atoms with van der Waals surface area (Å²) in [4.78, 5) is 30.4. The Morgan fingerprint density at radius 1 is 0.968 bits per heavy atom. The lowest BCUT2D eigenvalue weighted by Gasteiger charge is -2.40. The number of nitrogens with one attached hydrogen (secondary N) is 1. The first-order valence-corrected chi connectivity index (χ1v) is 12.2. The van der Waals surface area contributed by atoms with Crippen molar-refractivity contribution >= 4 is 11.8 Å². The third kappa shape index (κ3) is 5.49. The predicted octanol–water partition coefficient (Wildman–Crippen LogP) is 3.83. The minimum Gasteiger partial charge on any atom is -0.354 e. The zero-order valence-electron chi connectivity index (χ0n) is 19.5. The fraction of sp³-hybridized carbons (Fsp3) is 0.692. The van der Waals surface area contributed by atoms with Crippen LogP contribution < -0.4 is 5.32 Å². The number of benzene rings is 1. The van der Waals surface area contributed by atoms with Crippen LogP contribution >= 0.6 is 0 Å². The number of piperazine rings is 1. The van der Waals surface area contributed by atoms with E-state index in [0.29, 0.717) is 24.9 Å². The first-order valence-electron chi connectivity index (χ1n) is 12.2. The molecule has 170 valence electrons. The van der Waals surface area contributed by atoms with Crippen molar-refractivity contribution in [2.75, 3.05) is 32.7 Å². The lowest BCUT2D eigenvalue weighted by Crippen LogP contribution is -2.58. The van der Waals surface area contributed by atoms with Crippen LogP contribution in [0.15, 0.2) is 24.3 Å². The molecular weight excluding hydrogens is 386 g/mol. The molecule has 31 heavy (non-hydrogen) atoms. The quantitative estimate of drug-likeness (QED) is 0.754.